The number of aliphatic carboxylic acids is 1. The summed E-state index contributed by atoms with van der Waals surface area (Å²) in [5.41, 5.74) is 1.36. The average molecular weight is 572 g/mol. The van der Waals surface area contributed by atoms with E-state index < -0.39 is 17.9 Å². The number of ketones is 1. The fraction of sp³-hybridized carbons (Fsp3) is 0.839. The van der Waals surface area contributed by atoms with E-state index in [4.69, 9.17) is 0 Å². The number of carbonyl (C=O) groups excluding carboxylic acids is 2. The first-order valence-corrected chi connectivity index (χ1v) is 17.3. The van der Waals surface area contributed by atoms with Crippen molar-refractivity contribution >= 4 is 41.2 Å². The van der Waals surface area contributed by atoms with Crippen molar-refractivity contribution in [2.45, 2.75) is 118 Å². The van der Waals surface area contributed by atoms with Gasteiger partial charge in [-0.05, 0) is 55.9 Å². The molecule has 2 N–H and O–H groups in total. The van der Waals surface area contributed by atoms with Crippen LogP contribution in [0.1, 0.15) is 112 Å². The minimum Gasteiger partial charge on any atom is -0.481 e. The lowest BCUT2D eigenvalue weighted by Crippen LogP contribution is -2.41. The van der Waals surface area contributed by atoms with Gasteiger partial charge in [0, 0.05) is 24.9 Å². The first kappa shape index (κ1) is 37.0. The van der Waals surface area contributed by atoms with Crippen LogP contribution in [-0.2, 0) is 14.4 Å². The van der Waals surface area contributed by atoms with Gasteiger partial charge in [0.1, 0.15) is 0 Å². The average Bonchev–Trinajstić information content (AvgIpc) is 2.82. The minimum atomic E-state index is -0.947. The quantitative estimate of drug-likeness (QED) is 0.0901. The van der Waals surface area contributed by atoms with Crippen LogP contribution in [0.5, 0.6) is 0 Å². The third kappa shape index (κ3) is 20.9. The molecule has 0 spiro atoms. The number of rotatable bonds is 24. The van der Waals surface area contributed by atoms with E-state index in [2.05, 4.69) is 46.0 Å². The van der Waals surface area contributed by atoms with Crippen LogP contribution in [0.25, 0.3) is 0 Å². The SMILES string of the molecule is CSCCC(NC(C)=O)C(=O)CC(CSC/C=C(\C)CCCC(C)CCCC(C)CCCC(C)C)C(=O)O. The highest BCUT2D eigenvalue weighted by atomic mass is 32.2. The Balaban J connectivity index is 4.26. The number of carbonyl (C=O) groups is 3. The van der Waals surface area contributed by atoms with E-state index in [1.54, 1.807) is 23.5 Å². The fourth-order valence-corrected chi connectivity index (χ4v) is 6.17. The van der Waals surface area contributed by atoms with Gasteiger partial charge in [-0.25, -0.2) is 0 Å². The predicted molar refractivity (Wildman–Crippen MR) is 167 cm³/mol. The highest BCUT2D eigenvalue weighted by Gasteiger charge is 2.26. The number of carboxylic acids is 1. The zero-order chi connectivity index (χ0) is 28.9. The van der Waals surface area contributed by atoms with Gasteiger partial charge in [0.2, 0.25) is 5.91 Å². The summed E-state index contributed by atoms with van der Waals surface area (Å²) >= 11 is 3.17. The van der Waals surface area contributed by atoms with Crippen LogP contribution >= 0.6 is 23.5 Å². The van der Waals surface area contributed by atoms with Gasteiger partial charge in [0.25, 0.3) is 0 Å². The van der Waals surface area contributed by atoms with Gasteiger partial charge < -0.3 is 10.4 Å². The number of hydrogen-bond acceptors (Lipinski definition) is 5. The molecule has 0 aromatic rings. The summed E-state index contributed by atoms with van der Waals surface area (Å²) in [5.74, 6) is 2.20. The third-order valence-electron chi connectivity index (χ3n) is 7.18. The second-order valence-electron chi connectivity index (χ2n) is 11.7. The van der Waals surface area contributed by atoms with E-state index in [0.29, 0.717) is 12.2 Å². The van der Waals surface area contributed by atoms with Crippen LogP contribution in [0.15, 0.2) is 11.6 Å². The highest BCUT2D eigenvalue weighted by Crippen LogP contribution is 2.22. The Kier molecular flexibility index (Phi) is 22.3. The largest absolute Gasteiger partial charge is 0.481 e. The van der Waals surface area contributed by atoms with E-state index in [-0.39, 0.29) is 18.1 Å². The number of allylic oxidation sites excluding steroid dienone is 1. The topological polar surface area (TPSA) is 83.5 Å². The lowest BCUT2D eigenvalue weighted by atomic mass is 9.91. The molecule has 1 amide bonds. The molecular formula is C31H57NO4S2. The van der Waals surface area contributed by atoms with Crippen molar-refractivity contribution in [1.29, 1.82) is 0 Å². The van der Waals surface area contributed by atoms with E-state index in [1.807, 2.05) is 6.26 Å². The van der Waals surface area contributed by atoms with Crippen LogP contribution in [0.3, 0.4) is 0 Å². The number of carboxylic acid groups (broad SMARTS) is 1. The number of Topliss-reactive ketones (excluding diaryl/α,β-unsaturated/α-hetero) is 1. The molecule has 0 fully saturated rings. The van der Waals surface area contributed by atoms with Crippen molar-refractivity contribution in [3.63, 3.8) is 0 Å². The summed E-state index contributed by atoms with van der Waals surface area (Å²) in [4.78, 5) is 35.9. The molecule has 0 saturated carbocycles. The minimum absolute atomic E-state index is 0.0427. The molecule has 4 atom stereocenters. The molecule has 38 heavy (non-hydrogen) atoms. The molecular weight excluding hydrogens is 514 g/mol. The standard InChI is InChI=1S/C31H57NO4S2/c1-23(2)11-8-12-24(3)13-9-14-25(4)15-10-16-26(5)17-20-38-22-28(31(35)36)21-30(34)29(18-19-37-7)32-27(6)33/h17,23-25,28-29H,8-16,18-22H2,1-7H3,(H,32,33)(H,35,36)/b26-17+. The monoisotopic (exact) mass is 571 g/mol. The molecule has 0 aliphatic heterocycles. The van der Waals surface area contributed by atoms with Gasteiger partial charge in [0.05, 0.1) is 12.0 Å². The van der Waals surface area contributed by atoms with E-state index in [9.17, 15) is 19.5 Å². The molecule has 0 rings (SSSR count). The van der Waals surface area contributed by atoms with Gasteiger partial charge in [-0.2, -0.15) is 23.5 Å². The molecule has 0 aliphatic carbocycles. The van der Waals surface area contributed by atoms with Gasteiger partial charge in [-0.15, -0.1) is 0 Å². The Morgan fingerprint density at radius 3 is 1.97 bits per heavy atom. The third-order valence-corrected chi connectivity index (χ3v) is 8.87. The Morgan fingerprint density at radius 2 is 1.45 bits per heavy atom. The number of nitrogens with one attached hydrogen (secondary N) is 1. The number of thioether (sulfide) groups is 2. The lowest BCUT2D eigenvalue weighted by Gasteiger charge is -2.18. The molecule has 0 saturated heterocycles. The van der Waals surface area contributed by atoms with Crippen LogP contribution in [-0.4, -0.2) is 52.3 Å². The molecule has 7 heteroatoms. The van der Waals surface area contributed by atoms with E-state index in [0.717, 1.165) is 35.7 Å². The normalized spacial score (nSPS) is 15.2. The molecule has 0 aromatic carbocycles. The molecule has 0 bridgehead atoms. The molecule has 0 heterocycles. The molecule has 0 radical (unpaired) electrons. The summed E-state index contributed by atoms with van der Waals surface area (Å²) in [7, 11) is 0. The van der Waals surface area contributed by atoms with Crippen molar-refractivity contribution in [2.75, 3.05) is 23.5 Å². The van der Waals surface area contributed by atoms with Crippen molar-refractivity contribution < 1.29 is 19.5 Å². The first-order chi connectivity index (χ1) is 18.0. The smallest absolute Gasteiger partial charge is 0.307 e. The second kappa shape index (κ2) is 22.8. The number of hydrogen-bond donors (Lipinski definition) is 2. The summed E-state index contributed by atoms with van der Waals surface area (Å²) in [6.45, 7) is 12.9. The van der Waals surface area contributed by atoms with Gasteiger partial charge in [0.15, 0.2) is 5.78 Å². The van der Waals surface area contributed by atoms with Crippen LogP contribution in [0, 0.1) is 23.7 Å². The predicted octanol–water partition coefficient (Wildman–Crippen LogP) is 8.02. The van der Waals surface area contributed by atoms with Crippen molar-refractivity contribution in [2.24, 2.45) is 23.7 Å². The summed E-state index contributed by atoms with van der Waals surface area (Å²) < 4.78 is 0. The Bertz CT molecular complexity index is 695. The summed E-state index contributed by atoms with van der Waals surface area (Å²) in [6, 6.07) is -0.602. The molecule has 0 aliphatic rings. The summed E-state index contributed by atoms with van der Waals surface area (Å²) in [6.07, 6.45) is 16.3. The fourth-order valence-electron chi connectivity index (χ4n) is 4.62. The van der Waals surface area contributed by atoms with Gasteiger partial charge >= 0.3 is 5.97 Å². The van der Waals surface area contributed by atoms with Crippen LogP contribution in [0.2, 0.25) is 0 Å². The molecule has 4 unspecified atom stereocenters. The van der Waals surface area contributed by atoms with E-state index in [1.165, 1.54) is 63.9 Å². The Hall–Kier alpha value is -0.950. The van der Waals surface area contributed by atoms with Crippen molar-refractivity contribution in [3.05, 3.63) is 11.6 Å². The Morgan fingerprint density at radius 1 is 0.868 bits per heavy atom. The van der Waals surface area contributed by atoms with Crippen molar-refractivity contribution in [3.8, 4) is 0 Å². The zero-order valence-corrected chi connectivity index (χ0v) is 27.0. The first-order valence-electron chi connectivity index (χ1n) is 14.7. The van der Waals surface area contributed by atoms with E-state index >= 15 is 0 Å². The molecule has 0 aromatic heterocycles. The van der Waals surface area contributed by atoms with Gasteiger partial charge in [-0.3, -0.25) is 14.4 Å². The Labute approximate surface area is 242 Å². The summed E-state index contributed by atoms with van der Waals surface area (Å²) in [5, 5.41) is 12.3. The maximum atomic E-state index is 12.7. The lowest BCUT2D eigenvalue weighted by molar-refractivity contribution is -0.143. The highest BCUT2D eigenvalue weighted by molar-refractivity contribution is 7.99. The maximum absolute atomic E-state index is 12.7. The van der Waals surface area contributed by atoms with Crippen LogP contribution < -0.4 is 5.32 Å². The second-order valence-corrected chi connectivity index (χ2v) is 13.7. The number of amides is 1. The van der Waals surface area contributed by atoms with Crippen LogP contribution in [0.4, 0.5) is 0 Å². The molecule has 5 nitrogen and oxygen atoms in total. The van der Waals surface area contributed by atoms with Gasteiger partial charge in [-0.1, -0.05) is 84.3 Å². The van der Waals surface area contributed by atoms with Crippen molar-refractivity contribution in [1.82, 2.24) is 5.32 Å². The maximum Gasteiger partial charge on any atom is 0.307 e. The zero-order valence-electron chi connectivity index (χ0n) is 25.4. The molecule has 222 valence electrons.